The third-order valence-corrected chi connectivity index (χ3v) is 5.96. The molecule has 0 nitrogen and oxygen atoms in total. The second kappa shape index (κ2) is 9.10. The molecule has 0 aliphatic carbocycles. The Hall–Kier alpha value is -2.22. The molecule has 0 bridgehead atoms. The summed E-state index contributed by atoms with van der Waals surface area (Å²) in [5.41, 5.74) is 0.761. The number of rotatable bonds is 8. The van der Waals surface area contributed by atoms with Gasteiger partial charge < -0.3 is 0 Å². The van der Waals surface area contributed by atoms with Gasteiger partial charge in [0.25, 0.3) is 0 Å². The Morgan fingerprint density at radius 1 is 0.871 bits per heavy atom. The smallest absolute Gasteiger partial charge is 0.199 e. The Morgan fingerprint density at radius 2 is 1.45 bits per heavy atom. The average Bonchev–Trinajstić information content (AvgIpc) is 2.65. The summed E-state index contributed by atoms with van der Waals surface area (Å²) < 4.78 is 93.6. The Kier molecular flexibility index (Phi) is 7.35. The lowest BCUT2D eigenvalue weighted by Crippen LogP contribution is -2.34. The van der Waals surface area contributed by atoms with E-state index in [4.69, 9.17) is 0 Å². The van der Waals surface area contributed by atoms with Crippen LogP contribution in [0, 0.1) is 6.92 Å². The molecule has 0 aliphatic heterocycles. The predicted octanol–water partition coefficient (Wildman–Crippen LogP) is 8.86. The van der Waals surface area contributed by atoms with Gasteiger partial charge in [-0.25, -0.2) is 0 Å². The van der Waals surface area contributed by atoms with Crippen molar-refractivity contribution in [1.82, 2.24) is 0 Å². The van der Waals surface area contributed by atoms with E-state index in [-0.39, 0.29) is 47.6 Å². The van der Waals surface area contributed by atoms with E-state index in [1.165, 1.54) is 37.3 Å². The Balaban J connectivity index is 2.16. The molecule has 8 heteroatoms. The molecule has 0 spiro atoms. The van der Waals surface area contributed by atoms with Crippen LogP contribution >= 0.6 is 11.8 Å². The van der Waals surface area contributed by atoms with Crippen LogP contribution in [0.5, 0.6) is 0 Å². The van der Waals surface area contributed by atoms with Crippen LogP contribution in [0.1, 0.15) is 42.0 Å². The second-order valence-electron chi connectivity index (χ2n) is 7.24. The summed E-state index contributed by atoms with van der Waals surface area (Å²) in [5, 5.41) is -4.30. The van der Waals surface area contributed by atoms with Crippen LogP contribution in [0.4, 0.5) is 30.7 Å². The third-order valence-electron chi connectivity index (χ3n) is 4.69. The number of hydrogen-bond acceptors (Lipinski definition) is 1. The standard InChI is InChI=1S/C23H21F7S/c1-14(9-10-15(2)18-7-5-6-8-19(18)22(26,27)28)17-12-11-16(3)20(13-17)31-23(29,30)21(4,24)25/h5-8,11-13H,1-2,9-10H2,3-4H3. The highest BCUT2D eigenvalue weighted by Gasteiger charge is 2.53. The summed E-state index contributed by atoms with van der Waals surface area (Å²) >= 11 is -0.230. The van der Waals surface area contributed by atoms with E-state index in [0.717, 1.165) is 6.07 Å². The number of alkyl halides is 7. The van der Waals surface area contributed by atoms with Gasteiger partial charge in [-0.15, -0.1) is 0 Å². The molecule has 2 aromatic rings. The van der Waals surface area contributed by atoms with Crippen LogP contribution in [0.15, 0.2) is 60.5 Å². The minimum absolute atomic E-state index is 0.0206. The zero-order valence-corrected chi connectivity index (χ0v) is 17.7. The van der Waals surface area contributed by atoms with Crippen molar-refractivity contribution in [2.45, 2.75) is 48.9 Å². The SMILES string of the molecule is C=C(CCC(=C)c1ccccc1C(F)(F)F)c1ccc(C)c(SC(F)(F)C(C)(F)F)c1. The Bertz CT molecular complexity index is 969. The summed E-state index contributed by atoms with van der Waals surface area (Å²) in [7, 11) is 0. The van der Waals surface area contributed by atoms with Gasteiger partial charge in [-0.05, 0) is 71.5 Å². The van der Waals surface area contributed by atoms with Crippen molar-refractivity contribution in [3.63, 3.8) is 0 Å². The highest BCUT2D eigenvalue weighted by atomic mass is 32.2. The minimum atomic E-state index is -4.52. The molecule has 0 aromatic heterocycles. The van der Waals surface area contributed by atoms with Gasteiger partial charge in [-0.1, -0.05) is 43.5 Å². The van der Waals surface area contributed by atoms with Crippen molar-refractivity contribution >= 4 is 22.9 Å². The van der Waals surface area contributed by atoms with E-state index in [1.807, 2.05) is 0 Å². The molecular weight excluding hydrogens is 441 g/mol. The number of aryl methyl sites for hydroxylation is 1. The fourth-order valence-corrected chi connectivity index (χ4v) is 3.65. The lowest BCUT2D eigenvalue weighted by Gasteiger charge is -2.23. The Labute approximate surface area is 180 Å². The van der Waals surface area contributed by atoms with Crippen LogP contribution in [0.25, 0.3) is 11.1 Å². The molecule has 0 N–H and O–H groups in total. The summed E-state index contributed by atoms with van der Waals surface area (Å²) in [6.45, 7) is 9.29. The van der Waals surface area contributed by atoms with Gasteiger partial charge in [-0.3, -0.25) is 0 Å². The second-order valence-corrected chi connectivity index (χ2v) is 8.39. The van der Waals surface area contributed by atoms with Crippen LogP contribution in [0.2, 0.25) is 0 Å². The van der Waals surface area contributed by atoms with E-state index in [9.17, 15) is 30.7 Å². The molecule has 0 fully saturated rings. The van der Waals surface area contributed by atoms with Gasteiger partial charge in [0.15, 0.2) is 0 Å². The molecule has 0 aliphatic rings. The quantitative estimate of drug-likeness (QED) is 0.279. The van der Waals surface area contributed by atoms with Gasteiger partial charge >= 0.3 is 17.4 Å². The van der Waals surface area contributed by atoms with Crippen molar-refractivity contribution in [2.75, 3.05) is 0 Å². The van der Waals surface area contributed by atoms with E-state index < -0.39 is 22.9 Å². The van der Waals surface area contributed by atoms with Crippen molar-refractivity contribution in [2.24, 2.45) is 0 Å². The average molecular weight is 462 g/mol. The summed E-state index contributed by atoms with van der Waals surface area (Å²) in [4.78, 5) is -0.0218. The first kappa shape index (κ1) is 25.0. The highest BCUT2D eigenvalue weighted by molar-refractivity contribution is 8.00. The molecule has 168 valence electrons. The van der Waals surface area contributed by atoms with Crippen LogP contribution in [-0.4, -0.2) is 11.2 Å². The molecular formula is C23H21F7S. The number of benzene rings is 2. The molecule has 0 radical (unpaired) electrons. The summed E-state index contributed by atoms with van der Waals surface area (Å²) in [5.74, 6) is -4.21. The number of thioether (sulfide) groups is 1. The maximum atomic E-state index is 13.8. The molecule has 0 unspecified atom stereocenters. The van der Waals surface area contributed by atoms with Crippen molar-refractivity contribution in [1.29, 1.82) is 0 Å². The zero-order chi connectivity index (χ0) is 23.6. The molecule has 2 aromatic carbocycles. The largest absolute Gasteiger partial charge is 0.416 e. The molecule has 0 amide bonds. The number of allylic oxidation sites excluding steroid dienone is 2. The van der Waals surface area contributed by atoms with Gasteiger partial charge in [0, 0.05) is 11.8 Å². The van der Waals surface area contributed by atoms with Crippen molar-refractivity contribution < 1.29 is 30.7 Å². The minimum Gasteiger partial charge on any atom is -0.199 e. The lowest BCUT2D eigenvalue weighted by molar-refractivity contribution is -0.138. The topological polar surface area (TPSA) is 0 Å². The first-order chi connectivity index (χ1) is 14.1. The van der Waals surface area contributed by atoms with Gasteiger partial charge in [0.05, 0.1) is 5.56 Å². The van der Waals surface area contributed by atoms with E-state index in [1.54, 1.807) is 6.07 Å². The molecule has 2 rings (SSSR count). The Morgan fingerprint density at radius 3 is 2.03 bits per heavy atom. The van der Waals surface area contributed by atoms with Crippen LogP contribution in [-0.2, 0) is 6.18 Å². The molecule has 0 atom stereocenters. The van der Waals surface area contributed by atoms with Crippen LogP contribution < -0.4 is 0 Å². The van der Waals surface area contributed by atoms with Gasteiger partial charge in [0.2, 0.25) is 0 Å². The monoisotopic (exact) mass is 462 g/mol. The summed E-state index contributed by atoms with van der Waals surface area (Å²) in [6, 6.07) is 9.55. The summed E-state index contributed by atoms with van der Waals surface area (Å²) in [6.07, 6.45) is -4.14. The van der Waals surface area contributed by atoms with E-state index >= 15 is 0 Å². The fraction of sp³-hybridized carbons (Fsp3) is 0.304. The zero-order valence-electron chi connectivity index (χ0n) is 16.9. The van der Waals surface area contributed by atoms with Gasteiger partial charge in [-0.2, -0.15) is 30.7 Å². The highest BCUT2D eigenvalue weighted by Crippen LogP contribution is 2.47. The molecule has 0 saturated heterocycles. The van der Waals surface area contributed by atoms with Gasteiger partial charge in [0.1, 0.15) is 0 Å². The maximum Gasteiger partial charge on any atom is 0.416 e. The van der Waals surface area contributed by atoms with Crippen LogP contribution in [0.3, 0.4) is 0 Å². The van der Waals surface area contributed by atoms with E-state index in [2.05, 4.69) is 13.2 Å². The molecule has 0 heterocycles. The number of halogens is 7. The molecule has 31 heavy (non-hydrogen) atoms. The predicted molar refractivity (Wildman–Crippen MR) is 111 cm³/mol. The maximum absolute atomic E-state index is 13.8. The molecule has 0 saturated carbocycles. The first-order valence-corrected chi connectivity index (χ1v) is 10.0. The van der Waals surface area contributed by atoms with E-state index in [0.29, 0.717) is 16.7 Å². The van der Waals surface area contributed by atoms with Crippen molar-refractivity contribution in [3.05, 3.63) is 77.9 Å². The third kappa shape index (κ3) is 6.15. The normalized spacial score (nSPS) is 12.7. The van der Waals surface area contributed by atoms with Crippen molar-refractivity contribution in [3.8, 4) is 0 Å². The first-order valence-electron chi connectivity index (χ1n) is 9.21. The lowest BCUT2D eigenvalue weighted by atomic mass is 9.93. The fourth-order valence-electron chi connectivity index (χ4n) is 2.78. The number of hydrogen-bond donors (Lipinski definition) is 0.